The zero-order valence-electron chi connectivity index (χ0n) is 14.5. The van der Waals surface area contributed by atoms with E-state index in [-0.39, 0.29) is 5.91 Å². The molecule has 1 unspecified atom stereocenters. The van der Waals surface area contributed by atoms with Gasteiger partial charge < -0.3 is 25.1 Å². The molecular formula is C16H27N3O6. The average molecular weight is 357 g/mol. The zero-order chi connectivity index (χ0) is 18.8. The molecule has 25 heavy (non-hydrogen) atoms. The average Bonchev–Trinajstić information content (AvgIpc) is 2.93. The highest BCUT2D eigenvalue weighted by atomic mass is 16.4. The molecule has 2 rings (SSSR count). The van der Waals surface area contributed by atoms with Crippen LogP contribution in [0, 0.1) is 0 Å². The van der Waals surface area contributed by atoms with Gasteiger partial charge in [0.05, 0.1) is 6.10 Å². The summed E-state index contributed by atoms with van der Waals surface area (Å²) < 4.78 is 0. The van der Waals surface area contributed by atoms with Crippen molar-refractivity contribution in [3.8, 4) is 0 Å². The second-order valence-corrected chi connectivity index (χ2v) is 6.21. The predicted molar refractivity (Wildman–Crippen MR) is 90.2 cm³/mol. The molecule has 2 aliphatic heterocycles. The van der Waals surface area contributed by atoms with Gasteiger partial charge in [0.1, 0.15) is 0 Å². The van der Waals surface area contributed by atoms with Crippen LogP contribution in [0.1, 0.15) is 12.8 Å². The number of carbonyl (C=O) groups is 3. The summed E-state index contributed by atoms with van der Waals surface area (Å²) in [7, 11) is 2.12. The Balaban J connectivity index is 0.000000333. The number of hydrogen-bond donors (Lipinski definition) is 3. The molecule has 1 amide bonds. The van der Waals surface area contributed by atoms with Gasteiger partial charge in [-0.05, 0) is 13.5 Å². The summed E-state index contributed by atoms with van der Waals surface area (Å²) in [6.07, 6.45) is 2.31. The van der Waals surface area contributed by atoms with Crippen LogP contribution in [0.5, 0.6) is 0 Å². The topological polar surface area (TPSA) is 122 Å². The van der Waals surface area contributed by atoms with Crippen molar-refractivity contribution in [2.24, 2.45) is 0 Å². The molecule has 9 heteroatoms. The van der Waals surface area contributed by atoms with E-state index >= 15 is 0 Å². The SMILES string of the molecule is CN1CCN(CC(O)CN2CCCC2=O)CC1.O=C(O)/C=C/C(=O)O. The van der Waals surface area contributed by atoms with E-state index in [1.54, 1.807) is 4.90 Å². The molecule has 0 saturated carbocycles. The number of carboxylic acid groups (broad SMARTS) is 2. The minimum atomic E-state index is -1.26. The number of carbonyl (C=O) groups excluding carboxylic acids is 1. The highest BCUT2D eigenvalue weighted by Gasteiger charge is 2.24. The van der Waals surface area contributed by atoms with Gasteiger partial charge in [-0.3, -0.25) is 9.69 Å². The highest BCUT2D eigenvalue weighted by molar-refractivity contribution is 5.89. The molecule has 2 heterocycles. The Kier molecular flexibility index (Phi) is 9.11. The monoisotopic (exact) mass is 357 g/mol. The standard InChI is InChI=1S/C12H23N3O2.C4H4O4/c1-13-5-7-14(8-6-13)9-11(16)10-15-4-2-3-12(15)17;5-3(6)1-2-4(7)8/h11,16H,2-10H2,1H3;1-2H,(H,5,6)(H,7,8)/b;2-1+. The summed E-state index contributed by atoms with van der Waals surface area (Å²) in [5.41, 5.74) is 0. The minimum absolute atomic E-state index is 0.197. The van der Waals surface area contributed by atoms with E-state index < -0.39 is 18.0 Å². The number of piperazine rings is 1. The Morgan fingerprint density at radius 3 is 2.04 bits per heavy atom. The molecule has 9 nitrogen and oxygen atoms in total. The second-order valence-electron chi connectivity index (χ2n) is 6.21. The first-order valence-electron chi connectivity index (χ1n) is 8.28. The van der Waals surface area contributed by atoms with Crippen LogP contribution in [0.4, 0.5) is 0 Å². The number of hydrogen-bond acceptors (Lipinski definition) is 6. The van der Waals surface area contributed by atoms with Gasteiger partial charge in [-0.1, -0.05) is 0 Å². The Hall–Kier alpha value is -1.97. The molecule has 2 fully saturated rings. The number of aliphatic carboxylic acids is 2. The summed E-state index contributed by atoms with van der Waals surface area (Å²) in [5.74, 6) is -2.32. The Bertz CT molecular complexity index is 472. The predicted octanol–water partition coefficient (Wildman–Crippen LogP) is -1.07. The number of amides is 1. The normalized spacial score (nSPS) is 20.4. The van der Waals surface area contributed by atoms with Crippen LogP contribution in [-0.2, 0) is 14.4 Å². The largest absolute Gasteiger partial charge is 0.478 e. The molecule has 2 aliphatic rings. The molecule has 0 radical (unpaired) electrons. The van der Waals surface area contributed by atoms with Gasteiger partial charge in [0.2, 0.25) is 5.91 Å². The van der Waals surface area contributed by atoms with Crippen molar-refractivity contribution < 1.29 is 29.7 Å². The maximum atomic E-state index is 11.4. The fourth-order valence-electron chi connectivity index (χ4n) is 2.68. The van der Waals surface area contributed by atoms with Crippen molar-refractivity contribution in [2.45, 2.75) is 18.9 Å². The first-order chi connectivity index (χ1) is 11.8. The fourth-order valence-corrected chi connectivity index (χ4v) is 2.68. The first kappa shape index (κ1) is 21.1. The lowest BCUT2D eigenvalue weighted by Crippen LogP contribution is -2.48. The molecule has 0 spiro atoms. The number of aliphatic hydroxyl groups excluding tert-OH is 1. The Morgan fingerprint density at radius 1 is 1.04 bits per heavy atom. The third kappa shape index (κ3) is 9.18. The number of aliphatic hydroxyl groups is 1. The van der Waals surface area contributed by atoms with Crippen LogP contribution in [0.25, 0.3) is 0 Å². The van der Waals surface area contributed by atoms with Gasteiger partial charge >= 0.3 is 11.9 Å². The van der Waals surface area contributed by atoms with Gasteiger partial charge in [0.25, 0.3) is 0 Å². The van der Waals surface area contributed by atoms with Crippen molar-refractivity contribution >= 4 is 17.8 Å². The number of carboxylic acids is 2. The number of rotatable bonds is 6. The number of β-amino-alcohol motifs (C(OH)–C–C–N with tert-alkyl or cyclic N) is 1. The van der Waals surface area contributed by atoms with Gasteiger partial charge in [0.15, 0.2) is 0 Å². The van der Waals surface area contributed by atoms with Gasteiger partial charge in [0, 0.05) is 64.4 Å². The van der Waals surface area contributed by atoms with Crippen LogP contribution in [-0.4, -0.2) is 107 Å². The van der Waals surface area contributed by atoms with Gasteiger partial charge in [-0.25, -0.2) is 9.59 Å². The van der Waals surface area contributed by atoms with Crippen LogP contribution < -0.4 is 0 Å². The summed E-state index contributed by atoms with van der Waals surface area (Å²) in [6.45, 7) is 6.18. The van der Waals surface area contributed by atoms with Crippen molar-refractivity contribution in [1.82, 2.24) is 14.7 Å². The molecule has 0 aromatic rings. The maximum absolute atomic E-state index is 11.4. The quantitative estimate of drug-likeness (QED) is 0.514. The fraction of sp³-hybridized carbons (Fsp3) is 0.688. The first-order valence-corrected chi connectivity index (χ1v) is 8.28. The van der Waals surface area contributed by atoms with E-state index in [9.17, 15) is 19.5 Å². The highest BCUT2D eigenvalue weighted by Crippen LogP contribution is 2.10. The van der Waals surface area contributed by atoms with Crippen molar-refractivity contribution in [1.29, 1.82) is 0 Å². The third-order valence-corrected chi connectivity index (χ3v) is 4.04. The second kappa shape index (κ2) is 10.8. The maximum Gasteiger partial charge on any atom is 0.328 e. The minimum Gasteiger partial charge on any atom is -0.478 e. The van der Waals surface area contributed by atoms with Crippen molar-refractivity contribution in [3.05, 3.63) is 12.2 Å². The lowest BCUT2D eigenvalue weighted by atomic mass is 10.2. The molecular weight excluding hydrogens is 330 g/mol. The Morgan fingerprint density at radius 2 is 1.60 bits per heavy atom. The molecule has 0 bridgehead atoms. The van der Waals surface area contributed by atoms with E-state index in [0.717, 1.165) is 39.1 Å². The summed E-state index contributed by atoms with van der Waals surface area (Å²) >= 11 is 0. The van der Waals surface area contributed by atoms with Crippen molar-refractivity contribution in [2.75, 3.05) is 52.9 Å². The Labute approximate surface area is 147 Å². The summed E-state index contributed by atoms with van der Waals surface area (Å²) in [6, 6.07) is 0. The zero-order valence-corrected chi connectivity index (χ0v) is 14.5. The molecule has 1 atom stereocenters. The van der Waals surface area contributed by atoms with E-state index in [1.165, 1.54) is 0 Å². The van der Waals surface area contributed by atoms with E-state index in [2.05, 4.69) is 16.8 Å². The smallest absolute Gasteiger partial charge is 0.328 e. The molecule has 3 N–H and O–H groups in total. The van der Waals surface area contributed by atoms with E-state index in [4.69, 9.17) is 10.2 Å². The van der Waals surface area contributed by atoms with Crippen LogP contribution in [0.2, 0.25) is 0 Å². The number of nitrogens with zero attached hydrogens (tertiary/aromatic N) is 3. The lowest BCUT2D eigenvalue weighted by molar-refractivity contribution is -0.134. The molecule has 0 aromatic carbocycles. The lowest BCUT2D eigenvalue weighted by Gasteiger charge is -2.34. The van der Waals surface area contributed by atoms with E-state index in [1.807, 2.05) is 0 Å². The molecule has 0 aromatic heterocycles. The number of likely N-dealkylation sites (N-methyl/N-ethyl adjacent to an activating group) is 1. The molecule has 142 valence electrons. The molecule has 0 aliphatic carbocycles. The van der Waals surface area contributed by atoms with E-state index in [0.29, 0.717) is 31.7 Å². The van der Waals surface area contributed by atoms with Crippen LogP contribution in [0.3, 0.4) is 0 Å². The van der Waals surface area contributed by atoms with Crippen molar-refractivity contribution in [3.63, 3.8) is 0 Å². The van der Waals surface area contributed by atoms with Gasteiger partial charge in [-0.15, -0.1) is 0 Å². The third-order valence-electron chi connectivity index (χ3n) is 4.04. The van der Waals surface area contributed by atoms with Gasteiger partial charge in [-0.2, -0.15) is 0 Å². The van der Waals surface area contributed by atoms with Crippen LogP contribution >= 0.6 is 0 Å². The summed E-state index contributed by atoms with van der Waals surface area (Å²) in [5, 5.41) is 25.6. The summed E-state index contributed by atoms with van der Waals surface area (Å²) in [4.78, 5) is 36.9. The van der Waals surface area contributed by atoms with Crippen LogP contribution in [0.15, 0.2) is 12.2 Å². The number of likely N-dealkylation sites (tertiary alicyclic amines) is 1. The molecule has 2 saturated heterocycles.